The van der Waals surface area contributed by atoms with Crippen molar-refractivity contribution < 1.29 is 14.3 Å². The second-order valence-electron chi connectivity index (χ2n) is 6.54. The molecule has 1 heterocycles. The normalized spacial score (nSPS) is 16.1. The number of rotatable bonds is 3. The van der Waals surface area contributed by atoms with E-state index in [1.807, 2.05) is 41.3 Å². The van der Waals surface area contributed by atoms with Crippen LogP contribution >= 0.6 is 0 Å². The minimum Gasteiger partial charge on any atom is -0.410 e. The van der Waals surface area contributed by atoms with Crippen molar-refractivity contribution in [3.63, 3.8) is 0 Å². The number of fused-ring (bicyclic) bond motifs is 1. The summed E-state index contributed by atoms with van der Waals surface area (Å²) < 4.78 is 5.25. The van der Waals surface area contributed by atoms with Gasteiger partial charge in [-0.2, -0.15) is 0 Å². The van der Waals surface area contributed by atoms with Crippen molar-refractivity contribution in [1.29, 1.82) is 0 Å². The molecule has 1 fully saturated rings. The molecular weight excluding hydrogens is 316 g/mol. The number of anilines is 2. The van der Waals surface area contributed by atoms with Gasteiger partial charge in [0.2, 0.25) is 5.91 Å². The SMILES string of the molecule is O=C(Nc1ccc2c(c1)CCCN2C(=O)C1CC1)Oc1ccccc1. The number of carbonyl (C=O) groups excluding carboxylic acids is 2. The highest BCUT2D eigenvalue weighted by Crippen LogP contribution is 2.36. The molecular formula is C20H20N2O3. The molecule has 1 aliphatic heterocycles. The molecule has 1 N–H and O–H groups in total. The van der Waals surface area contributed by atoms with E-state index in [2.05, 4.69) is 5.32 Å². The van der Waals surface area contributed by atoms with Gasteiger partial charge in [0, 0.05) is 23.8 Å². The molecule has 0 aromatic heterocycles. The van der Waals surface area contributed by atoms with Crippen LogP contribution in [0.4, 0.5) is 16.2 Å². The minimum atomic E-state index is -0.520. The van der Waals surface area contributed by atoms with Gasteiger partial charge in [0.25, 0.3) is 0 Å². The molecule has 0 bridgehead atoms. The number of hydrogen-bond acceptors (Lipinski definition) is 3. The highest BCUT2D eigenvalue weighted by atomic mass is 16.6. The van der Waals surface area contributed by atoms with Crippen LogP contribution in [0.5, 0.6) is 5.75 Å². The average Bonchev–Trinajstić information content (AvgIpc) is 3.46. The fourth-order valence-corrected chi connectivity index (χ4v) is 3.19. The van der Waals surface area contributed by atoms with E-state index >= 15 is 0 Å². The summed E-state index contributed by atoms with van der Waals surface area (Å²) in [6.45, 7) is 0.783. The van der Waals surface area contributed by atoms with Crippen LogP contribution in [0, 0.1) is 5.92 Å². The first kappa shape index (κ1) is 15.7. The molecule has 2 aromatic rings. The van der Waals surface area contributed by atoms with Gasteiger partial charge in [0.05, 0.1) is 0 Å². The Morgan fingerprint density at radius 1 is 1.08 bits per heavy atom. The number of benzene rings is 2. The number of ether oxygens (including phenoxy) is 1. The maximum atomic E-state index is 12.4. The Kier molecular flexibility index (Phi) is 4.14. The second kappa shape index (κ2) is 6.59. The summed E-state index contributed by atoms with van der Waals surface area (Å²) in [5.74, 6) is 0.953. The molecule has 1 saturated carbocycles. The molecule has 5 heteroatoms. The Balaban J connectivity index is 1.47. The number of para-hydroxylation sites is 1. The van der Waals surface area contributed by atoms with E-state index in [9.17, 15) is 9.59 Å². The third-order valence-corrected chi connectivity index (χ3v) is 4.59. The quantitative estimate of drug-likeness (QED) is 0.922. The first-order chi connectivity index (χ1) is 12.2. The van der Waals surface area contributed by atoms with Gasteiger partial charge in [0.1, 0.15) is 5.75 Å². The highest BCUT2D eigenvalue weighted by Gasteiger charge is 2.35. The molecule has 4 rings (SSSR count). The first-order valence-corrected chi connectivity index (χ1v) is 8.69. The monoisotopic (exact) mass is 336 g/mol. The van der Waals surface area contributed by atoms with Crippen molar-refractivity contribution in [1.82, 2.24) is 0 Å². The number of carbonyl (C=O) groups is 2. The molecule has 1 aliphatic carbocycles. The van der Waals surface area contributed by atoms with E-state index in [1.165, 1.54) is 0 Å². The summed E-state index contributed by atoms with van der Waals surface area (Å²) in [4.78, 5) is 26.4. The molecule has 0 spiro atoms. The number of hydrogen-bond donors (Lipinski definition) is 1. The number of nitrogens with zero attached hydrogens (tertiary/aromatic N) is 1. The Morgan fingerprint density at radius 3 is 2.64 bits per heavy atom. The van der Waals surface area contributed by atoms with E-state index in [-0.39, 0.29) is 11.8 Å². The van der Waals surface area contributed by atoms with E-state index in [4.69, 9.17) is 4.74 Å². The standard InChI is InChI=1S/C20H20N2O3/c23-19(14-8-9-14)22-12-4-5-15-13-16(10-11-18(15)22)21-20(24)25-17-6-2-1-3-7-17/h1-3,6-7,10-11,13-14H,4-5,8-9,12H2,(H,21,24). The minimum absolute atomic E-state index is 0.213. The Bertz CT molecular complexity index is 800. The highest BCUT2D eigenvalue weighted by molar-refractivity contribution is 5.98. The lowest BCUT2D eigenvalue weighted by atomic mass is 10.0. The van der Waals surface area contributed by atoms with E-state index in [0.717, 1.165) is 43.5 Å². The molecule has 0 radical (unpaired) electrons. The van der Waals surface area contributed by atoms with Gasteiger partial charge in [-0.1, -0.05) is 18.2 Å². The second-order valence-corrected chi connectivity index (χ2v) is 6.54. The molecule has 2 aromatic carbocycles. The van der Waals surface area contributed by atoms with Crippen molar-refractivity contribution in [2.24, 2.45) is 5.92 Å². The molecule has 0 saturated heterocycles. The van der Waals surface area contributed by atoms with Gasteiger partial charge < -0.3 is 9.64 Å². The fourth-order valence-electron chi connectivity index (χ4n) is 3.19. The van der Waals surface area contributed by atoms with Crippen LogP contribution in [-0.4, -0.2) is 18.5 Å². The predicted molar refractivity (Wildman–Crippen MR) is 95.9 cm³/mol. The zero-order valence-electron chi connectivity index (χ0n) is 13.9. The zero-order chi connectivity index (χ0) is 17.2. The number of aryl methyl sites for hydroxylation is 1. The van der Waals surface area contributed by atoms with Crippen molar-refractivity contribution >= 4 is 23.4 Å². The lowest BCUT2D eigenvalue weighted by Gasteiger charge is -2.30. The largest absolute Gasteiger partial charge is 0.417 e. The summed E-state index contributed by atoms with van der Waals surface area (Å²) in [6, 6.07) is 14.6. The smallest absolute Gasteiger partial charge is 0.410 e. The maximum Gasteiger partial charge on any atom is 0.417 e. The molecule has 0 atom stereocenters. The van der Waals surface area contributed by atoms with Gasteiger partial charge in [-0.05, 0) is 61.6 Å². The average molecular weight is 336 g/mol. The van der Waals surface area contributed by atoms with Crippen LogP contribution < -0.4 is 15.0 Å². The molecule has 128 valence electrons. The lowest BCUT2D eigenvalue weighted by molar-refractivity contribution is -0.119. The van der Waals surface area contributed by atoms with Gasteiger partial charge in [0.15, 0.2) is 0 Å². The third kappa shape index (κ3) is 3.50. The van der Waals surface area contributed by atoms with Crippen LogP contribution in [0.15, 0.2) is 48.5 Å². The number of amides is 2. The van der Waals surface area contributed by atoms with Crippen LogP contribution in [-0.2, 0) is 11.2 Å². The fraction of sp³-hybridized carbons (Fsp3) is 0.300. The van der Waals surface area contributed by atoms with Crippen LogP contribution in [0.1, 0.15) is 24.8 Å². The summed E-state index contributed by atoms with van der Waals surface area (Å²) in [6.07, 6.45) is 3.36. The molecule has 2 aliphatic rings. The lowest BCUT2D eigenvalue weighted by Crippen LogP contribution is -2.36. The zero-order valence-corrected chi connectivity index (χ0v) is 13.9. The van der Waals surface area contributed by atoms with Crippen LogP contribution in [0.2, 0.25) is 0 Å². The Labute approximate surface area is 146 Å². The summed E-state index contributed by atoms with van der Waals surface area (Å²) in [5, 5.41) is 2.76. The van der Waals surface area contributed by atoms with Gasteiger partial charge in [-0.25, -0.2) is 4.79 Å². The maximum absolute atomic E-state index is 12.4. The summed E-state index contributed by atoms with van der Waals surface area (Å²) in [5.41, 5.74) is 2.75. The van der Waals surface area contributed by atoms with Gasteiger partial charge in [-0.15, -0.1) is 0 Å². The topological polar surface area (TPSA) is 58.6 Å². The predicted octanol–water partition coefficient (Wildman–Crippen LogP) is 3.99. The third-order valence-electron chi connectivity index (χ3n) is 4.59. The van der Waals surface area contributed by atoms with Crippen LogP contribution in [0.3, 0.4) is 0 Å². The molecule has 25 heavy (non-hydrogen) atoms. The van der Waals surface area contributed by atoms with E-state index in [1.54, 1.807) is 12.1 Å². The summed E-state index contributed by atoms with van der Waals surface area (Å²) >= 11 is 0. The van der Waals surface area contributed by atoms with E-state index < -0.39 is 6.09 Å². The van der Waals surface area contributed by atoms with Gasteiger partial charge in [-0.3, -0.25) is 10.1 Å². The Morgan fingerprint density at radius 2 is 1.88 bits per heavy atom. The van der Waals surface area contributed by atoms with Gasteiger partial charge >= 0.3 is 6.09 Å². The van der Waals surface area contributed by atoms with Crippen molar-refractivity contribution in [2.45, 2.75) is 25.7 Å². The molecule has 0 unspecified atom stereocenters. The first-order valence-electron chi connectivity index (χ1n) is 8.69. The van der Waals surface area contributed by atoms with Crippen LogP contribution in [0.25, 0.3) is 0 Å². The van der Waals surface area contributed by atoms with E-state index in [0.29, 0.717) is 11.4 Å². The summed E-state index contributed by atoms with van der Waals surface area (Å²) in [7, 11) is 0. The Hall–Kier alpha value is -2.82. The molecule has 5 nitrogen and oxygen atoms in total. The van der Waals surface area contributed by atoms with Crippen molar-refractivity contribution in [3.05, 3.63) is 54.1 Å². The van der Waals surface area contributed by atoms with Crippen molar-refractivity contribution in [3.8, 4) is 5.75 Å². The van der Waals surface area contributed by atoms with Crippen molar-refractivity contribution in [2.75, 3.05) is 16.8 Å². The number of nitrogens with one attached hydrogen (secondary N) is 1. The molecule has 2 amide bonds.